The standard InChI is InChI=1S/C10H11NO2/c12-10-9(13-7-6-11-10)8-4-2-1-3-5-8/h1-5,9H,6-7H2,(H,11,12). The summed E-state index contributed by atoms with van der Waals surface area (Å²) in [6.07, 6.45) is -0.421. The lowest BCUT2D eigenvalue weighted by atomic mass is 10.1. The molecular formula is C10H11NO2. The summed E-state index contributed by atoms with van der Waals surface area (Å²) in [5.41, 5.74) is 0.916. The number of hydrogen-bond donors (Lipinski definition) is 1. The number of hydrogen-bond acceptors (Lipinski definition) is 2. The van der Waals surface area contributed by atoms with Gasteiger partial charge < -0.3 is 10.1 Å². The van der Waals surface area contributed by atoms with Crippen LogP contribution in [0.3, 0.4) is 0 Å². The lowest BCUT2D eigenvalue weighted by Crippen LogP contribution is -2.39. The van der Waals surface area contributed by atoms with Crippen LogP contribution in [0.1, 0.15) is 11.7 Å². The Hall–Kier alpha value is -1.35. The second-order valence-electron chi connectivity index (χ2n) is 2.95. The predicted molar refractivity (Wildman–Crippen MR) is 48.1 cm³/mol. The Morgan fingerprint density at radius 2 is 2.08 bits per heavy atom. The number of carbonyl (C=O) groups is 1. The summed E-state index contributed by atoms with van der Waals surface area (Å²) in [6, 6.07) is 9.52. The fourth-order valence-electron chi connectivity index (χ4n) is 1.39. The third kappa shape index (κ3) is 1.70. The van der Waals surface area contributed by atoms with Crippen molar-refractivity contribution in [1.29, 1.82) is 0 Å². The fraction of sp³-hybridized carbons (Fsp3) is 0.300. The molecule has 1 fully saturated rings. The molecule has 0 bridgehead atoms. The third-order valence-electron chi connectivity index (χ3n) is 2.03. The monoisotopic (exact) mass is 177 g/mol. The van der Waals surface area contributed by atoms with E-state index in [2.05, 4.69) is 5.32 Å². The molecule has 1 aliphatic heterocycles. The number of morpholine rings is 1. The van der Waals surface area contributed by atoms with Gasteiger partial charge in [-0.1, -0.05) is 30.3 Å². The van der Waals surface area contributed by atoms with E-state index in [-0.39, 0.29) is 5.91 Å². The summed E-state index contributed by atoms with van der Waals surface area (Å²) in [5.74, 6) is -0.0440. The van der Waals surface area contributed by atoms with Gasteiger partial charge >= 0.3 is 0 Å². The van der Waals surface area contributed by atoms with Gasteiger partial charge in [0, 0.05) is 6.54 Å². The Labute approximate surface area is 76.7 Å². The Balaban J connectivity index is 2.20. The van der Waals surface area contributed by atoms with Crippen LogP contribution in [0.25, 0.3) is 0 Å². The molecule has 0 aromatic heterocycles. The molecule has 1 aliphatic rings. The fourth-order valence-corrected chi connectivity index (χ4v) is 1.39. The molecule has 2 rings (SSSR count). The molecule has 1 saturated heterocycles. The van der Waals surface area contributed by atoms with Crippen LogP contribution in [0, 0.1) is 0 Å². The molecule has 13 heavy (non-hydrogen) atoms. The maximum Gasteiger partial charge on any atom is 0.253 e. The minimum atomic E-state index is -0.421. The van der Waals surface area contributed by atoms with Gasteiger partial charge in [-0.15, -0.1) is 0 Å². The molecule has 0 spiro atoms. The Morgan fingerprint density at radius 3 is 2.77 bits per heavy atom. The van der Waals surface area contributed by atoms with Crippen molar-refractivity contribution in [2.75, 3.05) is 13.2 Å². The maximum absolute atomic E-state index is 11.4. The van der Waals surface area contributed by atoms with Crippen LogP contribution in [0.4, 0.5) is 0 Å². The smallest absolute Gasteiger partial charge is 0.253 e. The summed E-state index contributed by atoms with van der Waals surface area (Å²) < 4.78 is 5.36. The first-order chi connectivity index (χ1) is 6.38. The zero-order chi connectivity index (χ0) is 9.10. The maximum atomic E-state index is 11.4. The van der Waals surface area contributed by atoms with E-state index in [4.69, 9.17) is 4.74 Å². The van der Waals surface area contributed by atoms with Crippen molar-refractivity contribution in [3.05, 3.63) is 35.9 Å². The molecule has 0 aliphatic carbocycles. The summed E-state index contributed by atoms with van der Waals surface area (Å²) in [6.45, 7) is 1.20. The molecule has 0 radical (unpaired) electrons. The van der Waals surface area contributed by atoms with Gasteiger partial charge in [0.2, 0.25) is 0 Å². The molecule has 3 heteroatoms. The molecule has 1 unspecified atom stereocenters. The van der Waals surface area contributed by atoms with Crippen molar-refractivity contribution in [2.45, 2.75) is 6.10 Å². The molecule has 3 nitrogen and oxygen atoms in total. The molecule has 1 atom stereocenters. The zero-order valence-electron chi connectivity index (χ0n) is 7.19. The van der Waals surface area contributed by atoms with Crippen molar-refractivity contribution in [3.8, 4) is 0 Å². The molecule has 1 aromatic carbocycles. The first kappa shape index (κ1) is 8.26. The van der Waals surface area contributed by atoms with E-state index in [1.165, 1.54) is 0 Å². The lowest BCUT2D eigenvalue weighted by Gasteiger charge is -2.22. The van der Waals surface area contributed by atoms with Crippen molar-refractivity contribution >= 4 is 5.91 Å². The number of benzene rings is 1. The van der Waals surface area contributed by atoms with E-state index in [9.17, 15) is 4.79 Å². The van der Waals surface area contributed by atoms with E-state index in [1.807, 2.05) is 30.3 Å². The van der Waals surface area contributed by atoms with Crippen LogP contribution in [0.5, 0.6) is 0 Å². The normalized spacial score (nSPS) is 22.5. The number of amides is 1. The largest absolute Gasteiger partial charge is 0.362 e. The molecular weight excluding hydrogens is 166 g/mol. The van der Waals surface area contributed by atoms with Gasteiger partial charge in [0.15, 0.2) is 6.10 Å². The lowest BCUT2D eigenvalue weighted by molar-refractivity contribution is -0.138. The summed E-state index contributed by atoms with van der Waals surface area (Å²) in [4.78, 5) is 11.4. The molecule has 1 heterocycles. The molecule has 0 saturated carbocycles. The second kappa shape index (κ2) is 3.58. The van der Waals surface area contributed by atoms with Crippen LogP contribution >= 0.6 is 0 Å². The van der Waals surface area contributed by atoms with Crippen molar-refractivity contribution in [2.24, 2.45) is 0 Å². The highest BCUT2D eigenvalue weighted by Crippen LogP contribution is 2.18. The number of carbonyl (C=O) groups excluding carboxylic acids is 1. The van der Waals surface area contributed by atoms with Gasteiger partial charge in [0.25, 0.3) is 5.91 Å². The highest BCUT2D eigenvalue weighted by molar-refractivity contribution is 5.82. The number of nitrogens with one attached hydrogen (secondary N) is 1. The highest BCUT2D eigenvalue weighted by Gasteiger charge is 2.23. The number of rotatable bonds is 1. The SMILES string of the molecule is O=C1NCCOC1c1ccccc1. The highest BCUT2D eigenvalue weighted by atomic mass is 16.5. The third-order valence-corrected chi connectivity index (χ3v) is 2.03. The first-order valence-corrected chi connectivity index (χ1v) is 4.32. The van der Waals surface area contributed by atoms with Crippen LogP contribution < -0.4 is 5.32 Å². The van der Waals surface area contributed by atoms with Crippen molar-refractivity contribution in [1.82, 2.24) is 5.32 Å². The van der Waals surface area contributed by atoms with Crippen LogP contribution in [0.2, 0.25) is 0 Å². The second-order valence-corrected chi connectivity index (χ2v) is 2.95. The topological polar surface area (TPSA) is 38.3 Å². The Bertz CT molecular complexity index is 297. The predicted octanol–water partition coefficient (Wildman–Crippen LogP) is 0.874. The van der Waals surface area contributed by atoms with Crippen molar-refractivity contribution in [3.63, 3.8) is 0 Å². The van der Waals surface area contributed by atoms with Gasteiger partial charge in [0.05, 0.1) is 6.61 Å². The van der Waals surface area contributed by atoms with Crippen LogP contribution in [-0.4, -0.2) is 19.1 Å². The molecule has 1 amide bonds. The quantitative estimate of drug-likeness (QED) is 0.691. The first-order valence-electron chi connectivity index (χ1n) is 4.32. The minimum absolute atomic E-state index is 0.0440. The zero-order valence-corrected chi connectivity index (χ0v) is 7.19. The van der Waals surface area contributed by atoms with Crippen LogP contribution in [0.15, 0.2) is 30.3 Å². The van der Waals surface area contributed by atoms with Crippen LogP contribution in [-0.2, 0) is 9.53 Å². The number of ether oxygens (including phenoxy) is 1. The molecule has 1 aromatic rings. The van der Waals surface area contributed by atoms with Gasteiger partial charge in [-0.2, -0.15) is 0 Å². The van der Waals surface area contributed by atoms with E-state index < -0.39 is 6.10 Å². The average molecular weight is 177 g/mol. The van der Waals surface area contributed by atoms with Gasteiger partial charge in [-0.25, -0.2) is 0 Å². The molecule has 1 N–H and O–H groups in total. The minimum Gasteiger partial charge on any atom is -0.362 e. The van der Waals surface area contributed by atoms with E-state index in [1.54, 1.807) is 0 Å². The van der Waals surface area contributed by atoms with Gasteiger partial charge in [0.1, 0.15) is 0 Å². The van der Waals surface area contributed by atoms with Gasteiger partial charge in [-0.3, -0.25) is 4.79 Å². The van der Waals surface area contributed by atoms with E-state index >= 15 is 0 Å². The average Bonchev–Trinajstić information content (AvgIpc) is 2.20. The summed E-state index contributed by atoms with van der Waals surface area (Å²) >= 11 is 0. The van der Waals surface area contributed by atoms with Crippen molar-refractivity contribution < 1.29 is 9.53 Å². The summed E-state index contributed by atoms with van der Waals surface area (Å²) in [5, 5.41) is 2.77. The van der Waals surface area contributed by atoms with Gasteiger partial charge in [-0.05, 0) is 5.56 Å². The van der Waals surface area contributed by atoms with E-state index in [0.29, 0.717) is 13.2 Å². The Kier molecular flexibility index (Phi) is 2.27. The Morgan fingerprint density at radius 1 is 1.31 bits per heavy atom. The molecule has 68 valence electrons. The summed E-state index contributed by atoms with van der Waals surface area (Å²) in [7, 11) is 0. The van der Waals surface area contributed by atoms with E-state index in [0.717, 1.165) is 5.56 Å².